The quantitative estimate of drug-likeness (QED) is 0.853. The highest BCUT2D eigenvalue weighted by molar-refractivity contribution is 8.13. The minimum atomic E-state index is -0.921. The van der Waals surface area contributed by atoms with E-state index in [0.717, 1.165) is 11.8 Å². The van der Waals surface area contributed by atoms with Crippen LogP contribution in [-0.2, 0) is 16.0 Å². The molecule has 1 N–H and O–H groups in total. The lowest BCUT2D eigenvalue weighted by Crippen LogP contribution is -2.02. The summed E-state index contributed by atoms with van der Waals surface area (Å²) < 4.78 is 5.10. The zero-order valence-electron chi connectivity index (χ0n) is 10.7. The molecule has 100 valence electrons. The SMILES string of the molecule is COc1ccc(C#CCSC(C)=O)cc1CC(=O)O. The summed E-state index contributed by atoms with van der Waals surface area (Å²) in [5, 5.41) is 8.84. The average molecular weight is 278 g/mol. The van der Waals surface area contributed by atoms with Crippen molar-refractivity contribution >= 4 is 22.8 Å². The first kappa shape index (κ1) is 15.1. The van der Waals surface area contributed by atoms with E-state index in [0.29, 0.717) is 22.6 Å². The number of carbonyl (C=O) groups excluding carboxylic acids is 1. The van der Waals surface area contributed by atoms with Crippen molar-refractivity contribution in [3.63, 3.8) is 0 Å². The molecule has 5 heteroatoms. The van der Waals surface area contributed by atoms with Crippen molar-refractivity contribution in [1.82, 2.24) is 0 Å². The van der Waals surface area contributed by atoms with Gasteiger partial charge in [-0.25, -0.2) is 0 Å². The summed E-state index contributed by atoms with van der Waals surface area (Å²) in [6.45, 7) is 1.49. The standard InChI is InChI=1S/C14H14O4S/c1-10(15)19-7-3-4-11-5-6-13(18-2)12(8-11)9-14(16)17/h5-6,8H,7,9H2,1-2H3,(H,16,17). The Morgan fingerprint density at radius 3 is 2.74 bits per heavy atom. The Labute approximate surface area is 116 Å². The summed E-state index contributed by atoms with van der Waals surface area (Å²) in [5.41, 5.74) is 1.29. The number of hydrogen-bond acceptors (Lipinski definition) is 4. The first-order valence-corrected chi connectivity index (χ1v) is 6.52. The van der Waals surface area contributed by atoms with Gasteiger partial charge >= 0.3 is 5.97 Å². The van der Waals surface area contributed by atoms with Crippen LogP contribution in [0.15, 0.2) is 18.2 Å². The van der Waals surface area contributed by atoms with Gasteiger partial charge in [-0.1, -0.05) is 23.6 Å². The Morgan fingerprint density at radius 2 is 2.16 bits per heavy atom. The molecule has 0 aromatic heterocycles. The lowest BCUT2D eigenvalue weighted by molar-refractivity contribution is -0.136. The van der Waals surface area contributed by atoms with Gasteiger partial charge in [0.25, 0.3) is 0 Å². The molecule has 0 radical (unpaired) electrons. The molecule has 0 atom stereocenters. The molecule has 0 saturated heterocycles. The number of rotatable bonds is 4. The average Bonchev–Trinajstić information content (AvgIpc) is 2.34. The summed E-state index contributed by atoms with van der Waals surface area (Å²) in [6.07, 6.45) is -0.110. The molecule has 0 amide bonds. The molecular formula is C14H14O4S. The number of carbonyl (C=O) groups is 2. The van der Waals surface area contributed by atoms with Crippen molar-refractivity contribution in [3.05, 3.63) is 29.3 Å². The summed E-state index contributed by atoms with van der Waals surface area (Å²) in [7, 11) is 1.50. The third kappa shape index (κ3) is 5.49. The third-order valence-electron chi connectivity index (χ3n) is 2.20. The van der Waals surface area contributed by atoms with Crippen LogP contribution in [0.2, 0.25) is 0 Å². The Hall–Kier alpha value is -1.93. The van der Waals surface area contributed by atoms with E-state index in [-0.39, 0.29) is 11.5 Å². The van der Waals surface area contributed by atoms with Crippen molar-refractivity contribution < 1.29 is 19.4 Å². The number of aliphatic carboxylic acids is 1. The second kappa shape index (κ2) is 7.49. The maximum atomic E-state index is 10.8. The normalized spacial score (nSPS) is 9.37. The zero-order valence-corrected chi connectivity index (χ0v) is 11.5. The maximum Gasteiger partial charge on any atom is 0.307 e. The van der Waals surface area contributed by atoms with Crippen LogP contribution in [-0.4, -0.2) is 29.1 Å². The molecule has 0 bridgehead atoms. The second-order valence-corrected chi connectivity index (χ2v) is 4.83. The van der Waals surface area contributed by atoms with E-state index in [1.807, 2.05) is 0 Å². The van der Waals surface area contributed by atoms with Crippen molar-refractivity contribution in [2.45, 2.75) is 13.3 Å². The lowest BCUT2D eigenvalue weighted by atomic mass is 10.1. The van der Waals surface area contributed by atoms with Crippen LogP contribution in [0.25, 0.3) is 0 Å². The molecule has 1 rings (SSSR count). The first-order valence-electron chi connectivity index (χ1n) is 5.54. The van der Waals surface area contributed by atoms with Crippen LogP contribution in [0, 0.1) is 11.8 Å². The highest BCUT2D eigenvalue weighted by Gasteiger charge is 2.07. The monoisotopic (exact) mass is 278 g/mol. The van der Waals surface area contributed by atoms with E-state index in [9.17, 15) is 9.59 Å². The molecule has 4 nitrogen and oxygen atoms in total. The molecule has 0 fully saturated rings. The Kier molecular flexibility index (Phi) is 5.97. The second-order valence-electron chi connectivity index (χ2n) is 3.68. The molecule has 0 aliphatic carbocycles. The summed E-state index contributed by atoms with van der Waals surface area (Å²) in [4.78, 5) is 21.5. The molecule has 19 heavy (non-hydrogen) atoms. The zero-order chi connectivity index (χ0) is 14.3. The number of hydrogen-bond donors (Lipinski definition) is 1. The van der Waals surface area contributed by atoms with Crippen molar-refractivity contribution in [2.75, 3.05) is 12.9 Å². The lowest BCUT2D eigenvalue weighted by Gasteiger charge is -2.06. The van der Waals surface area contributed by atoms with Crippen molar-refractivity contribution in [2.24, 2.45) is 0 Å². The molecule has 0 aliphatic heterocycles. The molecule has 0 spiro atoms. The largest absolute Gasteiger partial charge is 0.496 e. The van der Waals surface area contributed by atoms with E-state index in [1.165, 1.54) is 14.0 Å². The fourth-order valence-corrected chi connectivity index (χ4v) is 1.78. The summed E-state index contributed by atoms with van der Waals surface area (Å²) in [5.74, 6) is 5.79. The number of thioether (sulfide) groups is 1. The number of benzene rings is 1. The van der Waals surface area contributed by atoms with Gasteiger partial charge in [-0.3, -0.25) is 9.59 Å². The molecule has 1 aromatic carbocycles. The number of carboxylic acids is 1. The number of ether oxygens (including phenoxy) is 1. The highest BCUT2D eigenvalue weighted by atomic mass is 32.2. The van der Waals surface area contributed by atoms with Crippen LogP contribution in [0.3, 0.4) is 0 Å². The van der Waals surface area contributed by atoms with Gasteiger partial charge in [0.15, 0.2) is 5.12 Å². The van der Waals surface area contributed by atoms with Gasteiger partial charge in [0.05, 0.1) is 19.3 Å². The topological polar surface area (TPSA) is 63.6 Å². The predicted octanol–water partition coefficient (Wildman–Crippen LogP) is 1.95. The van der Waals surface area contributed by atoms with Crippen LogP contribution in [0.4, 0.5) is 0 Å². The Morgan fingerprint density at radius 1 is 1.42 bits per heavy atom. The number of carboxylic acid groups (broad SMARTS) is 1. The molecule has 0 heterocycles. The molecule has 0 aliphatic rings. The molecular weight excluding hydrogens is 264 g/mol. The van der Waals surface area contributed by atoms with Crippen LogP contribution in [0.5, 0.6) is 5.75 Å². The van der Waals surface area contributed by atoms with Crippen LogP contribution >= 0.6 is 11.8 Å². The van der Waals surface area contributed by atoms with Crippen molar-refractivity contribution in [1.29, 1.82) is 0 Å². The molecule has 1 aromatic rings. The fraction of sp³-hybridized carbons (Fsp3) is 0.286. The summed E-state index contributed by atoms with van der Waals surface area (Å²) >= 11 is 1.14. The minimum absolute atomic E-state index is 0.0237. The van der Waals surface area contributed by atoms with E-state index < -0.39 is 5.97 Å². The van der Waals surface area contributed by atoms with E-state index >= 15 is 0 Å². The van der Waals surface area contributed by atoms with Crippen molar-refractivity contribution in [3.8, 4) is 17.6 Å². The molecule has 0 unspecified atom stereocenters. The van der Waals surface area contributed by atoms with Gasteiger partial charge in [0, 0.05) is 18.1 Å². The first-order chi connectivity index (χ1) is 9.02. The van der Waals surface area contributed by atoms with E-state index in [2.05, 4.69) is 11.8 Å². The predicted molar refractivity (Wildman–Crippen MR) is 74.4 cm³/mol. The highest BCUT2D eigenvalue weighted by Crippen LogP contribution is 2.20. The third-order valence-corrected chi connectivity index (χ3v) is 2.90. The van der Waals surface area contributed by atoms with Crippen LogP contribution in [0.1, 0.15) is 18.1 Å². The van der Waals surface area contributed by atoms with Gasteiger partial charge in [-0.15, -0.1) is 0 Å². The smallest absolute Gasteiger partial charge is 0.307 e. The van der Waals surface area contributed by atoms with Gasteiger partial charge in [-0.2, -0.15) is 0 Å². The van der Waals surface area contributed by atoms with Gasteiger partial charge in [0.2, 0.25) is 0 Å². The van der Waals surface area contributed by atoms with Gasteiger partial charge < -0.3 is 9.84 Å². The Balaban J connectivity index is 2.85. The Bertz CT molecular complexity index is 540. The summed E-state index contributed by atoms with van der Waals surface area (Å²) in [6, 6.07) is 5.15. The van der Waals surface area contributed by atoms with E-state index in [1.54, 1.807) is 18.2 Å². The van der Waals surface area contributed by atoms with Gasteiger partial charge in [-0.05, 0) is 18.2 Å². The van der Waals surface area contributed by atoms with E-state index in [4.69, 9.17) is 9.84 Å². The molecule has 0 saturated carbocycles. The minimum Gasteiger partial charge on any atom is -0.496 e. The van der Waals surface area contributed by atoms with Gasteiger partial charge in [0.1, 0.15) is 5.75 Å². The van der Waals surface area contributed by atoms with Crippen LogP contribution < -0.4 is 4.74 Å². The maximum absolute atomic E-state index is 10.8. The fourth-order valence-electron chi connectivity index (χ4n) is 1.43. The number of methoxy groups -OCH3 is 1.